The van der Waals surface area contributed by atoms with Crippen LogP contribution in [0.2, 0.25) is 0 Å². The van der Waals surface area contributed by atoms with Gasteiger partial charge in [0.15, 0.2) is 0 Å². The number of hydrogen-bond acceptors (Lipinski definition) is 3. The Morgan fingerprint density at radius 3 is 2.68 bits per heavy atom. The summed E-state index contributed by atoms with van der Waals surface area (Å²) < 4.78 is 0. The zero-order valence-electron chi connectivity index (χ0n) is 14.4. The third-order valence-corrected chi connectivity index (χ3v) is 4.77. The van der Waals surface area contributed by atoms with Gasteiger partial charge in [-0.15, -0.1) is 0 Å². The highest BCUT2D eigenvalue weighted by atomic mass is 16.2. The Labute approximate surface area is 147 Å². The molecule has 0 aliphatic carbocycles. The first-order chi connectivity index (χ1) is 12.2. The van der Waals surface area contributed by atoms with Crippen LogP contribution < -0.4 is 9.80 Å². The number of carbonyl (C=O) groups is 1. The summed E-state index contributed by atoms with van der Waals surface area (Å²) in [6.07, 6.45) is 2.06. The lowest BCUT2D eigenvalue weighted by Crippen LogP contribution is -2.31. The van der Waals surface area contributed by atoms with E-state index in [0.29, 0.717) is 12.8 Å². The van der Waals surface area contributed by atoms with Crippen molar-refractivity contribution >= 4 is 28.3 Å². The number of aryl methyl sites for hydroxylation is 1. The summed E-state index contributed by atoms with van der Waals surface area (Å²) >= 11 is 0. The van der Waals surface area contributed by atoms with Crippen LogP contribution in [0, 0.1) is 0 Å². The number of amides is 1. The van der Waals surface area contributed by atoms with Gasteiger partial charge in [-0.2, -0.15) is 0 Å². The van der Waals surface area contributed by atoms with Gasteiger partial charge in [-0.25, -0.2) is 4.98 Å². The molecule has 0 saturated carbocycles. The van der Waals surface area contributed by atoms with Gasteiger partial charge in [0.25, 0.3) is 0 Å². The van der Waals surface area contributed by atoms with Gasteiger partial charge in [0.05, 0.1) is 22.4 Å². The van der Waals surface area contributed by atoms with Crippen molar-refractivity contribution in [1.82, 2.24) is 9.97 Å². The average molecular weight is 334 g/mol. The van der Waals surface area contributed by atoms with Gasteiger partial charge in [-0.1, -0.05) is 24.3 Å². The van der Waals surface area contributed by atoms with Crippen molar-refractivity contribution in [2.45, 2.75) is 19.3 Å². The average Bonchev–Trinajstić information content (AvgIpc) is 2.98. The second kappa shape index (κ2) is 6.59. The van der Waals surface area contributed by atoms with Crippen molar-refractivity contribution in [3.63, 3.8) is 0 Å². The second-order valence-corrected chi connectivity index (χ2v) is 6.51. The van der Waals surface area contributed by atoms with Crippen molar-refractivity contribution < 1.29 is 4.79 Å². The van der Waals surface area contributed by atoms with Crippen molar-refractivity contribution in [3.8, 4) is 0 Å². The quantitative estimate of drug-likeness (QED) is 0.799. The van der Waals surface area contributed by atoms with Crippen molar-refractivity contribution in [1.29, 1.82) is 0 Å². The monoisotopic (exact) mass is 334 g/mol. The van der Waals surface area contributed by atoms with Gasteiger partial charge >= 0.3 is 0 Å². The number of para-hydroxylation sites is 4. The molecule has 1 amide bonds. The topological polar surface area (TPSA) is 52.2 Å². The molecule has 0 radical (unpaired) electrons. The highest BCUT2D eigenvalue weighted by Gasteiger charge is 2.23. The SMILES string of the molecule is CN1CCCN(C(=O)CCc2nc3ccccc3[nH]2)c2ccccc21. The number of aromatic amines is 1. The number of anilines is 2. The summed E-state index contributed by atoms with van der Waals surface area (Å²) in [7, 11) is 2.08. The van der Waals surface area contributed by atoms with Gasteiger partial charge < -0.3 is 14.8 Å². The number of imidazole rings is 1. The van der Waals surface area contributed by atoms with Gasteiger partial charge in [0.2, 0.25) is 5.91 Å². The molecule has 1 aliphatic rings. The normalized spacial score (nSPS) is 14.4. The lowest BCUT2D eigenvalue weighted by Gasteiger charge is -2.24. The lowest BCUT2D eigenvalue weighted by atomic mass is 10.2. The molecule has 1 aliphatic heterocycles. The molecule has 5 nitrogen and oxygen atoms in total. The lowest BCUT2D eigenvalue weighted by molar-refractivity contribution is -0.118. The Hall–Kier alpha value is -2.82. The van der Waals surface area contributed by atoms with Crippen LogP contribution in [0.25, 0.3) is 11.0 Å². The summed E-state index contributed by atoms with van der Waals surface area (Å²) in [5.41, 5.74) is 4.10. The fraction of sp³-hybridized carbons (Fsp3) is 0.300. The van der Waals surface area contributed by atoms with Crippen LogP contribution in [0.5, 0.6) is 0 Å². The Balaban J connectivity index is 1.51. The van der Waals surface area contributed by atoms with E-state index in [1.807, 2.05) is 47.4 Å². The van der Waals surface area contributed by atoms with Gasteiger partial charge in [0, 0.05) is 33.0 Å². The smallest absolute Gasteiger partial charge is 0.227 e. The largest absolute Gasteiger partial charge is 0.373 e. The summed E-state index contributed by atoms with van der Waals surface area (Å²) in [5, 5.41) is 0. The van der Waals surface area contributed by atoms with E-state index in [1.165, 1.54) is 0 Å². The Kier molecular flexibility index (Phi) is 4.14. The molecule has 0 spiro atoms. The fourth-order valence-electron chi connectivity index (χ4n) is 3.47. The molecule has 1 N–H and O–H groups in total. The van der Waals surface area contributed by atoms with Crippen LogP contribution in [-0.2, 0) is 11.2 Å². The van der Waals surface area contributed by atoms with Crippen molar-refractivity contribution in [2.75, 3.05) is 29.9 Å². The number of benzene rings is 2. The Morgan fingerprint density at radius 2 is 1.84 bits per heavy atom. The molecule has 5 heteroatoms. The summed E-state index contributed by atoms with van der Waals surface area (Å²) in [5.74, 6) is 1.03. The molecule has 0 bridgehead atoms. The number of fused-ring (bicyclic) bond motifs is 2. The predicted octanol–water partition coefficient (Wildman–Crippen LogP) is 3.37. The summed E-state index contributed by atoms with van der Waals surface area (Å²) in [6.45, 7) is 1.73. The number of hydrogen-bond donors (Lipinski definition) is 1. The van der Waals surface area contributed by atoms with E-state index in [4.69, 9.17) is 0 Å². The number of rotatable bonds is 3. The van der Waals surface area contributed by atoms with E-state index in [0.717, 1.165) is 47.7 Å². The first kappa shape index (κ1) is 15.7. The minimum atomic E-state index is 0.156. The van der Waals surface area contributed by atoms with Crippen LogP contribution in [0.1, 0.15) is 18.7 Å². The number of nitrogens with zero attached hydrogens (tertiary/aromatic N) is 3. The maximum absolute atomic E-state index is 12.9. The van der Waals surface area contributed by atoms with E-state index < -0.39 is 0 Å². The number of carbonyl (C=O) groups excluding carboxylic acids is 1. The predicted molar refractivity (Wildman–Crippen MR) is 101 cm³/mol. The van der Waals surface area contributed by atoms with E-state index in [9.17, 15) is 4.79 Å². The van der Waals surface area contributed by atoms with E-state index in [2.05, 4.69) is 28.0 Å². The Bertz CT molecular complexity index is 868. The molecule has 0 unspecified atom stereocenters. The minimum absolute atomic E-state index is 0.156. The molecule has 25 heavy (non-hydrogen) atoms. The number of H-pyrrole nitrogens is 1. The number of aromatic nitrogens is 2. The fourth-order valence-corrected chi connectivity index (χ4v) is 3.47. The first-order valence-corrected chi connectivity index (χ1v) is 8.76. The molecule has 4 rings (SSSR count). The molecule has 2 heterocycles. The first-order valence-electron chi connectivity index (χ1n) is 8.76. The molecular weight excluding hydrogens is 312 g/mol. The van der Waals surface area contributed by atoms with Crippen LogP contribution in [-0.4, -0.2) is 36.0 Å². The molecular formula is C20H22N4O. The van der Waals surface area contributed by atoms with Crippen LogP contribution in [0.15, 0.2) is 48.5 Å². The molecule has 3 aromatic rings. The van der Waals surface area contributed by atoms with E-state index in [1.54, 1.807) is 0 Å². The molecule has 1 aromatic heterocycles. The van der Waals surface area contributed by atoms with E-state index >= 15 is 0 Å². The zero-order chi connectivity index (χ0) is 17.2. The van der Waals surface area contributed by atoms with Gasteiger partial charge in [0.1, 0.15) is 5.82 Å². The van der Waals surface area contributed by atoms with Crippen molar-refractivity contribution in [3.05, 3.63) is 54.4 Å². The molecule has 0 atom stereocenters. The third-order valence-electron chi connectivity index (χ3n) is 4.77. The summed E-state index contributed by atoms with van der Waals surface area (Å²) in [6, 6.07) is 16.1. The molecule has 0 saturated heterocycles. The van der Waals surface area contributed by atoms with Gasteiger partial charge in [-0.3, -0.25) is 4.79 Å². The van der Waals surface area contributed by atoms with Crippen LogP contribution >= 0.6 is 0 Å². The summed E-state index contributed by atoms with van der Waals surface area (Å²) in [4.78, 5) is 24.9. The highest BCUT2D eigenvalue weighted by molar-refractivity contribution is 5.97. The maximum atomic E-state index is 12.9. The zero-order valence-corrected chi connectivity index (χ0v) is 14.4. The molecule has 0 fully saturated rings. The molecule has 128 valence electrons. The standard InChI is InChI=1S/C20H22N4O/c1-23-13-6-14-24(18-10-5-4-9-17(18)23)20(25)12-11-19-21-15-7-2-3-8-16(15)22-19/h2-5,7-10H,6,11-14H2,1H3,(H,21,22). The molecule has 2 aromatic carbocycles. The third kappa shape index (κ3) is 3.09. The Morgan fingerprint density at radius 1 is 1.08 bits per heavy atom. The minimum Gasteiger partial charge on any atom is -0.373 e. The van der Waals surface area contributed by atoms with Crippen LogP contribution in [0.3, 0.4) is 0 Å². The highest BCUT2D eigenvalue weighted by Crippen LogP contribution is 2.31. The van der Waals surface area contributed by atoms with Crippen molar-refractivity contribution in [2.24, 2.45) is 0 Å². The second-order valence-electron chi connectivity index (χ2n) is 6.51. The van der Waals surface area contributed by atoms with Crippen LogP contribution in [0.4, 0.5) is 11.4 Å². The van der Waals surface area contributed by atoms with Gasteiger partial charge in [-0.05, 0) is 30.7 Å². The number of nitrogens with one attached hydrogen (secondary N) is 1. The van der Waals surface area contributed by atoms with E-state index in [-0.39, 0.29) is 5.91 Å². The maximum Gasteiger partial charge on any atom is 0.227 e.